The van der Waals surface area contributed by atoms with E-state index < -0.39 is 24.4 Å². The molecule has 1 fully saturated rings. The largest absolute Gasteiger partial charge is 0.449 e. The molecule has 1 aromatic rings. The first kappa shape index (κ1) is 24.6. The first-order valence-electron chi connectivity index (χ1n) is 12.3. The Morgan fingerprint density at radius 3 is 2.79 bits per heavy atom. The van der Waals surface area contributed by atoms with Crippen molar-refractivity contribution in [2.24, 2.45) is 11.3 Å². The summed E-state index contributed by atoms with van der Waals surface area (Å²) in [5, 5.41) is 2.97. The molecular formula is C26H36F2N4O2. The number of hydrogen-bond acceptors (Lipinski definition) is 5. The Kier molecular flexibility index (Phi) is 7.24. The molecule has 2 aliphatic carbocycles. The van der Waals surface area contributed by atoms with Gasteiger partial charge in [0.15, 0.2) is 0 Å². The van der Waals surface area contributed by atoms with Gasteiger partial charge in [-0.25, -0.2) is 23.5 Å². The molecule has 0 bridgehead atoms. The highest BCUT2D eigenvalue weighted by Gasteiger charge is 2.35. The van der Waals surface area contributed by atoms with Gasteiger partial charge in [0.25, 0.3) is 0 Å². The molecule has 3 unspecified atom stereocenters. The van der Waals surface area contributed by atoms with Crippen LogP contribution in [0, 0.1) is 11.3 Å². The van der Waals surface area contributed by atoms with E-state index in [9.17, 15) is 13.6 Å². The first-order valence-corrected chi connectivity index (χ1v) is 12.3. The van der Waals surface area contributed by atoms with E-state index in [2.05, 4.69) is 23.2 Å². The molecule has 0 aromatic carbocycles. The van der Waals surface area contributed by atoms with E-state index in [4.69, 9.17) is 14.7 Å². The second-order valence-corrected chi connectivity index (χ2v) is 11.0. The molecule has 1 aromatic heterocycles. The van der Waals surface area contributed by atoms with E-state index >= 15 is 0 Å². The van der Waals surface area contributed by atoms with E-state index in [0.717, 1.165) is 49.3 Å². The van der Waals surface area contributed by atoms with Crippen LogP contribution in [0.15, 0.2) is 17.7 Å². The second-order valence-electron chi connectivity index (χ2n) is 11.0. The molecule has 1 N–H and O–H groups in total. The van der Waals surface area contributed by atoms with Crippen molar-refractivity contribution in [3.8, 4) is 0 Å². The lowest BCUT2D eigenvalue weighted by molar-refractivity contribution is 0.0804. The lowest BCUT2D eigenvalue weighted by Crippen LogP contribution is -2.39. The van der Waals surface area contributed by atoms with Gasteiger partial charge < -0.3 is 15.0 Å². The third-order valence-electron chi connectivity index (χ3n) is 6.72. The SMILES string of the molecule is CC1=Cc2nc(C3CCC=CC3C(F)F)nc(N3CCC(NC(=O)OCC(C)(C)C)C3)c2CC1. The molecule has 1 saturated heterocycles. The Morgan fingerprint density at radius 1 is 1.26 bits per heavy atom. The molecule has 34 heavy (non-hydrogen) atoms. The Balaban J connectivity index is 1.56. The van der Waals surface area contributed by atoms with Crippen LogP contribution in [0.4, 0.5) is 19.4 Å². The van der Waals surface area contributed by atoms with Crippen LogP contribution in [0.5, 0.6) is 0 Å². The number of halogens is 2. The minimum absolute atomic E-state index is 0.0474. The normalized spacial score (nSPS) is 24.7. The number of carbonyl (C=O) groups excluding carboxylic acids is 1. The van der Waals surface area contributed by atoms with E-state index in [1.54, 1.807) is 6.08 Å². The fourth-order valence-electron chi connectivity index (χ4n) is 4.90. The molecule has 3 aliphatic rings. The topological polar surface area (TPSA) is 67.4 Å². The van der Waals surface area contributed by atoms with Crippen LogP contribution in [0.1, 0.15) is 76.4 Å². The molecule has 186 valence electrons. The quantitative estimate of drug-likeness (QED) is 0.572. The maximum atomic E-state index is 13.8. The molecule has 6 nitrogen and oxygen atoms in total. The number of fused-ring (bicyclic) bond motifs is 1. The molecule has 1 aliphatic heterocycles. The number of alkyl carbamates (subject to hydrolysis) is 1. The molecule has 0 spiro atoms. The van der Waals surface area contributed by atoms with Crippen molar-refractivity contribution in [3.63, 3.8) is 0 Å². The summed E-state index contributed by atoms with van der Waals surface area (Å²) < 4.78 is 32.9. The van der Waals surface area contributed by atoms with Crippen molar-refractivity contribution in [3.05, 3.63) is 34.8 Å². The average Bonchev–Trinajstić information content (AvgIpc) is 3.24. The third kappa shape index (κ3) is 5.76. The number of nitrogens with zero attached hydrogens (tertiary/aromatic N) is 3. The van der Waals surface area contributed by atoms with Gasteiger partial charge in [-0.1, -0.05) is 38.5 Å². The summed E-state index contributed by atoms with van der Waals surface area (Å²) >= 11 is 0. The summed E-state index contributed by atoms with van der Waals surface area (Å²) in [5.41, 5.74) is 3.07. The number of allylic oxidation sites excluding steroid dienone is 3. The summed E-state index contributed by atoms with van der Waals surface area (Å²) in [6.07, 6.45) is 6.61. The van der Waals surface area contributed by atoms with Crippen molar-refractivity contribution in [2.75, 3.05) is 24.6 Å². The van der Waals surface area contributed by atoms with Crippen molar-refractivity contribution < 1.29 is 18.3 Å². The Morgan fingerprint density at radius 2 is 2.06 bits per heavy atom. The van der Waals surface area contributed by atoms with Crippen LogP contribution >= 0.6 is 0 Å². The van der Waals surface area contributed by atoms with Gasteiger partial charge in [0.1, 0.15) is 11.6 Å². The number of anilines is 1. The van der Waals surface area contributed by atoms with Gasteiger partial charge in [0.05, 0.1) is 18.3 Å². The zero-order valence-corrected chi connectivity index (χ0v) is 20.6. The van der Waals surface area contributed by atoms with Gasteiger partial charge in [-0.3, -0.25) is 0 Å². The van der Waals surface area contributed by atoms with Gasteiger partial charge >= 0.3 is 6.09 Å². The maximum Gasteiger partial charge on any atom is 0.407 e. The van der Waals surface area contributed by atoms with Crippen LogP contribution in [0.2, 0.25) is 0 Å². The third-order valence-corrected chi connectivity index (χ3v) is 6.72. The number of nitrogens with one attached hydrogen (secondary N) is 1. The van der Waals surface area contributed by atoms with Gasteiger partial charge in [0, 0.05) is 30.5 Å². The molecule has 0 radical (unpaired) electrons. The lowest BCUT2D eigenvalue weighted by atomic mass is 9.83. The number of amides is 1. The van der Waals surface area contributed by atoms with Gasteiger partial charge in [-0.15, -0.1) is 0 Å². The molecule has 3 atom stereocenters. The molecule has 4 rings (SSSR count). The highest BCUT2D eigenvalue weighted by molar-refractivity contribution is 5.68. The number of hydrogen-bond donors (Lipinski definition) is 1. The number of ether oxygens (including phenoxy) is 1. The monoisotopic (exact) mass is 474 g/mol. The number of carbonyl (C=O) groups is 1. The van der Waals surface area contributed by atoms with E-state index in [1.807, 2.05) is 26.8 Å². The summed E-state index contributed by atoms with van der Waals surface area (Å²) in [4.78, 5) is 24.1. The van der Waals surface area contributed by atoms with Crippen LogP contribution in [-0.4, -0.2) is 48.2 Å². The Bertz CT molecular complexity index is 970. The highest BCUT2D eigenvalue weighted by atomic mass is 19.3. The Hall–Kier alpha value is -2.51. The minimum atomic E-state index is -2.44. The summed E-state index contributed by atoms with van der Waals surface area (Å²) in [6, 6.07) is -0.0474. The number of aromatic nitrogens is 2. The predicted octanol–water partition coefficient (Wildman–Crippen LogP) is 5.49. The van der Waals surface area contributed by atoms with Crippen molar-refractivity contribution in [2.45, 2.75) is 78.2 Å². The number of rotatable bonds is 5. The average molecular weight is 475 g/mol. The molecular weight excluding hydrogens is 438 g/mol. The van der Waals surface area contributed by atoms with Crippen molar-refractivity contribution in [1.82, 2.24) is 15.3 Å². The van der Waals surface area contributed by atoms with Crippen molar-refractivity contribution in [1.29, 1.82) is 0 Å². The van der Waals surface area contributed by atoms with Crippen molar-refractivity contribution >= 4 is 18.0 Å². The zero-order chi connectivity index (χ0) is 24.5. The molecule has 8 heteroatoms. The summed E-state index contributed by atoms with van der Waals surface area (Å²) in [7, 11) is 0. The fourth-order valence-corrected chi connectivity index (χ4v) is 4.90. The van der Waals surface area contributed by atoms with Crippen LogP contribution in [-0.2, 0) is 11.2 Å². The maximum absolute atomic E-state index is 13.8. The van der Waals surface area contributed by atoms with Crippen LogP contribution < -0.4 is 10.2 Å². The Labute approximate surface area is 200 Å². The van der Waals surface area contributed by atoms with E-state index in [-0.39, 0.29) is 11.5 Å². The number of alkyl halides is 2. The van der Waals surface area contributed by atoms with Gasteiger partial charge in [-0.05, 0) is 50.5 Å². The standard InChI is InChI=1S/C26H36F2N4O2/c1-16-9-10-20-21(13-16)30-23(19-8-6-5-7-18(19)22(27)28)31-24(20)32-12-11-17(14-32)29-25(33)34-15-26(2,3)4/h5,7,13,17-19,22H,6,8-12,14-15H2,1-4H3,(H,29,33). The van der Waals surface area contributed by atoms with Crippen LogP contribution in [0.25, 0.3) is 6.08 Å². The second kappa shape index (κ2) is 10.0. The lowest BCUT2D eigenvalue weighted by Gasteiger charge is -2.29. The summed E-state index contributed by atoms with van der Waals surface area (Å²) in [5.74, 6) is 0.0847. The van der Waals surface area contributed by atoms with E-state index in [1.165, 1.54) is 5.57 Å². The molecule has 1 amide bonds. The minimum Gasteiger partial charge on any atom is -0.449 e. The fraction of sp³-hybridized carbons (Fsp3) is 0.654. The van der Waals surface area contributed by atoms with Crippen LogP contribution in [0.3, 0.4) is 0 Å². The first-order chi connectivity index (χ1) is 16.1. The van der Waals surface area contributed by atoms with Gasteiger partial charge in [-0.2, -0.15) is 0 Å². The summed E-state index contributed by atoms with van der Waals surface area (Å²) in [6.45, 7) is 9.83. The zero-order valence-electron chi connectivity index (χ0n) is 20.6. The highest BCUT2D eigenvalue weighted by Crippen LogP contribution is 2.39. The van der Waals surface area contributed by atoms with E-state index in [0.29, 0.717) is 25.4 Å². The predicted molar refractivity (Wildman–Crippen MR) is 129 cm³/mol. The molecule has 2 heterocycles. The smallest absolute Gasteiger partial charge is 0.407 e. The molecule has 0 saturated carbocycles. The van der Waals surface area contributed by atoms with Gasteiger partial charge in [0.2, 0.25) is 6.43 Å².